The maximum atomic E-state index is 3.39. The number of benzene rings is 1. The largest absolute Gasteiger partial charge is 0.317 e. The van der Waals surface area contributed by atoms with E-state index in [4.69, 9.17) is 0 Å². The smallest absolute Gasteiger partial charge is 0.0233 e. The molecule has 0 aliphatic carbocycles. The van der Waals surface area contributed by atoms with Crippen LogP contribution >= 0.6 is 0 Å². The summed E-state index contributed by atoms with van der Waals surface area (Å²) in [7, 11) is 2.08. The predicted octanol–water partition coefficient (Wildman–Crippen LogP) is 3.53. The van der Waals surface area contributed by atoms with Crippen molar-refractivity contribution in [2.75, 3.05) is 20.1 Å². The monoisotopic (exact) mass is 274 g/mol. The van der Waals surface area contributed by atoms with Crippen LogP contribution in [0, 0.1) is 11.8 Å². The molecule has 0 spiro atoms. The normalized spacial score (nSPS) is 26.1. The minimum absolute atomic E-state index is 0.629. The van der Waals surface area contributed by atoms with E-state index < -0.39 is 0 Å². The van der Waals surface area contributed by atoms with E-state index in [1.165, 1.54) is 37.9 Å². The molecule has 1 aliphatic heterocycles. The summed E-state index contributed by atoms with van der Waals surface area (Å²) >= 11 is 0. The van der Waals surface area contributed by atoms with Crippen molar-refractivity contribution in [1.29, 1.82) is 0 Å². The van der Waals surface area contributed by atoms with E-state index in [1.54, 1.807) is 0 Å². The molecule has 1 fully saturated rings. The molecule has 0 saturated carbocycles. The zero-order chi connectivity index (χ0) is 14.4. The van der Waals surface area contributed by atoms with Gasteiger partial charge in [0.15, 0.2) is 0 Å². The molecule has 0 bridgehead atoms. The molecule has 112 valence electrons. The summed E-state index contributed by atoms with van der Waals surface area (Å²) in [6.07, 6.45) is 4.03. The first-order valence-electron chi connectivity index (χ1n) is 8.11. The van der Waals surface area contributed by atoms with Gasteiger partial charge in [-0.25, -0.2) is 0 Å². The number of nitrogens with one attached hydrogen (secondary N) is 1. The molecule has 0 aromatic heterocycles. The summed E-state index contributed by atoms with van der Waals surface area (Å²) in [4.78, 5) is 2.66. The summed E-state index contributed by atoms with van der Waals surface area (Å²) in [6.45, 7) is 8.34. The molecule has 1 aromatic rings. The van der Waals surface area contributed by atoms with Gasteiger partial charge < -0.3 is 5.32 Å². The van der Waals surface area contributed by atoms with Crippen molar-refractivity contribution in [3.8, 4) is 0 Å². The van der Waals surface area contributed by atoms with Gasteiger partial charge in [0.1, 0.15) is 0 Å². The van der Waals surface area contributed by atoms with Crippen molar-refractivity contribution >= 4 is 0 Å². The maximum absolute atomic E-state index is 3.39. The Hall–Kier alpha value is -0.860. The Balaban J connectivity index is 1.95. The second kappa shape index (κ2) is 7.80. The van der Waals surface area contributed by atoms with Crippen molar-refractivity contribution in [1.82, 2.24) is 10.2 Å². The van der Waals surface area contributed by atoms with Crippen molar-refractivity contribution in [2.45, 2.75) is 45.7 Å². The maximum Gasteiger partial charge on any atom is 0.0233 e. The molecular weight excluding hydrogens is 244 g/mol. The van der Waals surface area contributed by atoms with E-state index in [-0.39, 0.29) is 0 Å². The average molecular weight is 274 g/mol. The highest BCUT2D eigenvalue weighted by molar-refractivity contribution is 5.14. The van der Waals surface area contributed by atoms with Crippen LogP contribution in [0.15, 0.2) is 30.3 Å². The van der Waals surface area contributed by atoms with Crippen LogP contribution in [0.5, 0.6) is 0 Å². The van der Waals surface area contributed by atoms with Gasteiger partial charge in [-0.1, -0.05) is 37.3 Å². The average Bonchev–Trinajstić information content (AvgIpc) is 2.61. The van der Waals surface area contributed by atoms with Crippen molar-refractivity contribution in [3.63, 3.8) is 0 Å². The number of rotatable bonds is 5. The first-order chi connectivity index (χ1) is 9.67. The molecule has 3 atom stereocenters. The van der Waals surface area contributed by atoms with E-state index >= 15 is 0 Å². The zero-order valence-electron chi connectivity index (χ0n) is 13.3. The molecule has 1 aliphatic rings. The van der Waals surface area contributed by atoms with E-state index in [2.05, 4.69) is 61.4 Å². The van der Waals surface area contributed by atoms with Crippen LogP contribution in [0.4, 0.5) is 0 Å². The minimum atomic E-state index is 0.629. The van der Waals surface area contributed by atoms with Gasteiger partial charge in [0, 0.05) is 19.1 Å². The van der Waals surface area contributed by atoms with E-state index in [0.29, 0.717) is 6.04 Å². The Morgan fingerprint density at radius 2 is 2.05 bits per heavy atom. The Morgan fingerprint density at radius 3 is 2.75 bits per heavy atom. The second-order valence-corrected chi connectivity index (χ2v) is 6.64. The van der Waals surface area contributed by atoms with Crippen LogP contribution < -0.4 is 5.32 Å². The van der Waals surface area contributed by atoms with Gasteiger partial charge in [-0.05, 0) is 57.2 Å². The molecule has 1 heterocycles. The van der Waals surface area contributed by atoms with Crippen molar-refractivity contribution < 1.29 is 0 Å². The molecule has 0 radical (unpaired) electrons. The topological polar surface area (TPSA) is 15.3 Å². The fourth-order valence-corrected chi connectivity index (χ4v) is 3.39. The SMILES string of the molecule is CNC(C)CC1CC(C)CCN(Cc2ccccc2)C1. The third-order valence-electron chi connectivity index (χ3n) is 4.62. The van der Waals surface area contributed by atoms with E-state index in [0.717, 1.165) is 18.4 Å². The summed E-state index contributed by atoms with van der Waals surface area (Å²) in [5.74, 6) is 1.70. The van der Waals surface area contributed by atoms with Crippen LogP contribution in [0.3, 0.4) is 0 Å². The number of nitrogens with zero attached hydrogens (tertiary/aromatic N) is 1. The van der Waals surface area contributed by atoms with E-state index in [9.17, 15) is 0 Å². The predicted molar refractivity (Wildman–Crippen MR) is 86.7 cm³/mol. The highest BCUT2D eigenvalue weighted by Gasteiger charge is 2.23. The molecule has 1 N–H and O–H groups in total. The molecule has 2 heteroatoms. The summed E-state index contributed by atoms with van der Waals surface area (Å²) in [5.41, 5.74) is 1.45. The fraction of sp³-hybridized carbons (Fsp3) is 0.667. The number of hydrogen-bond donors (Lipinski definition) is 1. The van der Waals surface area contributed by atoms with Gasteiger partial charge in [-0.2, -0.15) is 0 Å². The molecule has 20 heavy (non-hydrogen) atoms. The van der Waals surface area contributed by atoms with Crippen LogP contribution in [-0.4, -0.2) is 31.1 Å². The summed E-state index contributed by atoms with van der Waals surface area (Å²) in [6, 6.07) is 11.5. The third kappa shape index (κ3) is 4.92. The standard InChI is InChI=1S/C18H30N2/c1-15-9-10-20(13-17-7-5-4-6-8-17)14-18(11-15)12-16(2)19-3/h4-8,15-16,18-19H,9-14H2,1-3H3. The summed E-state index contributed by atoms with van der Waals surface area (Å²) in [5, 5.41) is 3.39. The Kier molecular flexibility index (Phi) is 6.06. The second-order valence-electron chi connectivity index (χ2n) is 6.64. The lowest BCUT2D eigenvalue weighted by molar-refractivity contribution is 0.227. The van der Waals surface area contributed by atoms with Gasteiger partial charge in [-0.15, -0.1) is 0 Å². The molecule has 1 aromatic carbocycles. The first-order valence-corrected chi connectivity index (χ1v) is 8.11. The number of likely N-dealkylation sites (tertiary alicyclic amines) is 1. The third-order valence-corrected chi connectivity index (χ3v) is 4.62. The fourth-order valence-electron chi connectivity index (χ4n) is 3.39. The lowest BCUT2D eigenvalue weighted by atomic mass is 9.90. The van der Waals surface area contributed by atoms with Gasteiger partial charge in [-0.3, -0.25) is 4.90 Å². The molecule has 2 rings (SSSR count). The van der Waals surface area contributed by atoms with Crippen molar-refractivity contribution in [2.24, 2.45) is 11.8 Å². The van der Waals surface area contributed by atoms with Gasteiger partial charge in [0.2, 0.25) is 0 Å². The Bertz CT molecular complexity index is 376. The first kappa shape index (κ1) is 15.5. The molecule has 3 unspecified atom stereocenters. The molecular formula is C18H30N2. The summed E-state index contributed by atoms with van der Waals surface area (Å²) < 4.78 is 0. The van der Waals surface area contributed by atoms with Gasteiger partial charge >= 0.3 is 0 Å². The Morgan fingerprint density at radius 1 is 1.30 bits per heavy atom. The van der Waals surface area contributed by atoms with Crippen LogP contribution in [0.25, 0.3) is 0 Å². The highest BCUT2D eigenvalue weighted by Crippen LogP contribution is 2.26. The molecule has 1 saturated heterocycles. The van der Waals surface area contributed by atoms with Crippen LogP contribution in [-0.2, 0) is 6.54 Å². The molecule has 2 nitrogen and oxygen atoms in total. The van der Waals surface area contributed by atoms with Crippen LogP contribution in [0.1, 0.15) is 38.7 Å². The highest BCUT2D eigenvalue weighted by atomic mass is 15.1. The Labute approximate surface area is 124 Å². The van der Waals surface area contributed by atoms with Gasteiger partial charge in [0.25, 0.3) is 0 Å². The minimum Gasteiger partial charge on any atom is -0.317 e. The molecule has 0 amide bonds. The van der Waals surface area contributed by atoms with Crippen molar-refractivity contribution in [3.05, 3.63) is 35.9 Å². The lowest BCUT2D eigenvalue weighted by Crippen LogP contribution is -2.32. The lowest BCUT2D eigenvalue weighted by Gasteiger charge is -2.26. The van der Waals surface area contributed by atoms with Gasteiger partial charge in [0.05, 0.1) is 0 Å². The number of hydrogen-bond acceptors (Lipinski definition) is 2. The quantitative estimate of drug-likeness (QED) is 0.883. The zero-order valence-corrected chi connectivity index (χ0v) is 13.3. The van der Waals surface area contributed by atoms with Crippen LogP contribution in [0.2, 0.25) is 0 Å². The van der Waals surface area contributed by atoms with E-state index in [1.807, 2.05) is 0 Å².